The van der Waals surface area contributed by atoms with Crippen LogP contribution in [-0.2, 0) is 27.3 Å². The van der Waals surface area contributed by atoms with E-state index in [1.165, 1.54) is 19.6 Å². The molecule has 2 amide bonds. The molecule has 0 bridgehead atoms. The Morgan fingerprint density at radius 3 is 2.20 bits per heavy atom. The van der Waals surface area contributed by atoms with E-state index in [2.05, 4.69) is 15.6 Å². The summed E-state index contributed by atoms with van der Waals surface area (Å²) in [7, 11) is 2.94. The largest absolute Gasteiger partial charge is 0.494 e. The first-order valence-corrected chi connectivity index (χ1v) is 14.6. The Labute approximate surface area is 264 Å². The minimum absolute atomic E-state index is 0.0478. The van der Waals surface area contributed by atoms with Crippen LogP contribution in [0, 0.1) is 11.7 Å². The number of guanidine groups is 1. The zero-order chi connectivity index (χ0) is 34.3. The summed E-state index contributed by atoms with van der Waals surface area (Å²) in [4.78, 5) is 39.2. The van der Waals surface area contributed by atoms with Crippen LogP contribution in [0.25, 0.3) is 0 Å². The van der Waals surface area contributed by atoms with E-state index in [4.69, 9.17) is 29.8 Å². The number of carbonyl (C=O) groups excluding carboxylic acids is 2. The van der Waals surface area contributed by atoms with Gasteiger partial charge in [0, 0.05) is 6.54 Å². The average molecular weight is 657 g/mol. The molecule has 11 nitrogen and oxygen atoms in total. The Morgan fingerprint density at radius 1 is 1.00 bits per heavy atom. The van der Waals surface area contributed by atoms with Crippen LogP contribution in [0.3, 0.4) is 0 Å². The van der Waals surface area contributed by atoms with Gasteiger partial charge in [-0.2, -0.15) is 13.2 Å². The number of hydrogen-bond donors (Lipinski definition) is 4. The molecule has 1 fully saturated rings. The molecule has 2 aromatic carbocycles. The summed E-state index contributed by atoms with van der Waals surface area (Å²) in [5.74, 6) is -2.42. The lowest BCUT2D eigenvalue weighted by molar-refractivity contribution is -0.192. The molecule has 1 saturated carbocycles. The zero-order valence-corrected chi connectivity index (χ0v) is 25.9. The van der Waals surface area contributed by atoms with Crippen LogP contribution in [0.15, 0.2) is 41.4 Å². The number of hydrogen-bond acceptors (Lipinski definition) is 7. The van der Waals surface area contributed by atoms with Gasteiger partial charge >= 0.3 is 12.1 Å². The van der Waals surface area contributed by atoms with E-state index in [1.54, 1.807) is 37.4 Å². The van der Waals surface area contributed by atoms with Crippen molar-refractivity contribution in [2.45, 2.75) is 70.6 Å². The van der Waals surface area contributed by atoms with Crippen molar-refractivity contribution in [2.75, 3.05) is 20.8 Å². The minimum Gasteiger partial charge on any atom is -0.494 e. The summed E-state index contributed by atoms with van der Waals surface area (Å²) in [6.07, 6.45) is 0.988. The van der Waals surface area contributed by atoms with Gasteiger partial charge in [-0.05, 0) is 54.7 Å². The van der Waals surface area contributed by atoms with E-state index < -0.39 is 24.0 Å². The summed E-state index contributed by atoms with van der Waals surface area (Å²) in [5, 5.41) is 12.6. The van der Waals surface area contributed by atoms with Gasteiger partial charge < -0.3 is 30.4 Å². The number of aliphatic carboxylic acids is 1. The Bertz CT molecular complexity index is 1350. The smallest absolute Gasteiger partial charge is 0.490 e. The number of carbonyl (C=O) groups is 3. The number of nitrogens with two attached hydrogens (primary N) is 1. The third-order valence-electron chi connectivity index (χ3n) is 6.96. The fourth-order valence-corrected chi connectivity index (χ4v) is 4.75. The lowest BCUT2D eigenvalue weighted by Crippen LogP contribution is -2.42. The van der Waals surface area contributed by atoms with E-state index in [0.29, 0.717) is 36.0 Å². The average Bonchev–Trinajstić information content (AvgIpc) is 3.00. The van der Waals surface area contributed by atoms with Crippen LogP contribution in [0.2, 0.25) is 0 Å². The second-order valence-corrected chi connectivity index (χ2v) is 10.4. The number of amides is 2. The molecule has 2 aromatic rings. The molecule has 0 spiro atoms. The van der Waals surface area contributed by atoms with Crippen LogP contribution < -0.4 is 30.6 Å². The molecular formula is C31H40F4N4O7. The molecule has 1 atom stereocenters. The number of nitrogens with zero attached hydrogens (tertiary/aromatic N) is 1. The van der Waals surface area contributed by atoms with E-state index in [-0.39, 0.29) is 36.5 Å². The van der Waals surface area contributed by atoms with E-state index >= 15 is 0 Å². The molecule has 1 aliphatic rings. The molecule has 46 heavy (non-hydrogen) atoms. The number of carboxylic acid groups (broad SMARTS) is 1. The predicted molar refractivity (Wildman–Crippen MR) is 161 cm³/mol. The Balaban J connectivity index is 0.000000942. The zero-order valence-electron chi connectivity index (χ0n) is 25.9. The monoisotopic (exact) mass is 656 g/mol. The number of alkyl halides is 3. The quantitative estimate of drug-likeness (QED) is 0.148. The van der Waals surface area contributed by atoms with Gasteiger partial charge in [-0.1, -0.05) is 44.2 Å². The minimum atomic E-state index is -5.08. The lowest BCUT2D eigenvalue weighted by Gasteiger charge is -2.24. The number of benzene rings is 2. The Morgan fingerprint density at radius 2 is 1.61 bits per heavy atom. The number of rotatable bonds is 12. The third kappa shape index (κ3) is 12.8. The summed E-state index contributed by atoms with van der Waals surface area (Å²) >= 11 is 0. The van der Waals surface area contributed by atoms with Gasteiger partial charge in [-0.3, -0.25) is 14.9 Å². The molecule has 3 rings (SSSR count). The highest BCUT2D eigenvalue weighted by Gasteiger charge is 2.38. The lowest BCUT2D eigenvalue weighted by atomic mass is 9.84. The van der Waals surface area contributed by atoms with Crippen molar-refractivity contribution in [1.29, 1.82) is 0 Å². The second-order valence-electron chi connectivity index (χ2n) is 10.4. The maximum Gasteiger partial charge on any atom is 0.490 e. The highest BCUT2D eigenvalue weighted by molar-refractivity contribution is 5.98. The van der Waals surface area contributed by atoms with Crippen molar-refractivity contribution in [1.82, 2.24) is 10.6 Å². The number of ether oxygens (including phenoxy) is 3. The van der Waals surface area contributed by atoms with Crippen molar-refractivity contribution in [3.63, 3.8) is 0 Å². The number of methoxy groups -OCH3 is 2. The summed E-state index contributed by atoms with van der Waals surface area (Å²) in [6, 6.07) is 8.93. The molecule has 5 N–H and O–H groups in total. The first-order valence-electron chi connectivity index (χ1n) is 14.6. The van der Waals surface area contributed by atoms with Crippen molar-refractivity contribution < 1.29 is 51.3 Å². The van der Waals surface area contributed by atoms with Crippen LogP contribution in [0.5, 0.6) is 17.2 Å². The molecule has 1 aliphatic carbocycles. The van der Waals surface area contributed by atoms with Gasteiger partial charge in [0.2, 0.25) is 11.8 Å². The van der Waals surface area contributed by atoms with Crippen LogP contribution in [0.1, 0.15) is 56.6 Å². The van der Waals surface area contributed by atoms with Crippen LogP contribution in [0.4, 0.5) is 17.6 Å². The molecular weight excluding hydrogens is 616 g/mol. The van der Waals surface area contributed by atoms with Gasteiger partial charge in [0.05, 0.1) is 27.2 Å². The van der Waals surface area contributed by atoms with Crippen LogP contribution >= 0.6 is 0 Å². The molecule has 254 valence electrons. The molecule has 0 radical (unpaired) electrons. The molecule has 0 unspecified atom stereocenters. The van der Waals surface area contributed by atoms with E-state index in [9.17, 15) is 27.2 Å². The Kier molecular flexibility index (Phi) is 15.1. The molecule has 0 aromatic heterocycles. The van der Waals surface area contributed by atoms with Gasteiger partial charge in [-0.15, -0.1) is 0 Å². The maximum absolute atomic E-state index is 13.7. The molecule has 0 heterocycles. The molecule has 0 aliphatic heterocycles. The molecule has 15 heteroatoms. The van der Waals surface area contributed by atoms with Crippen molar-refractivity contribution in [3.8, 4) is 17.2 Å². The highest BCUT2D eigenvalue weighted by atomic mass is 19.4. The second kappa shape index (κ2) is 18.4. The highest BCUT2D eigenvalue weighted by Crippen LogP contribution is 2.29. The van der Waals surface area contributed by atoms with Crippen LogP contribution in [-0.4, -0.2) is 61.9 Å². The fraction of sp³-hybridized carbons (Fsp3) is 0.484. The summed E-state index contributed by atoms with van der Waals surface area (Å²) in [5.41, 5.74) is 7.50. The number of halogens is 4. The van der Waals surface area contributed by atoms with Gasteiger partial charge in [0.1, 0.15) is 6.04 Å². The van der Waals surface area contributed by atoms with Crippen molar-refractivity contribution in [2.24, 2.45) is 16.6 Å². The van der Waals surface area contributed by atoms with Gasteiger partial charge in [-0.25, -0.2) is 14.2 Å². The number of carboxylic acids is 1. The Hall–Kier alpha value is -4.56. The standard InChI is InChI=1S/C29H39FN4O5.C2HF3O2/c1-4-39-26-15-20(11-13-24(26)37-2)17-27(35)34-29(31)33-23(14-19-8-6-5-7-9-19)28(36)32-18-21-10-12-22(30)25(16-21)38-3;3-2(4,5)1(6)7/h10-13,15-16,19,23H,4-9,14,17-18H2,1-3H3,(H,32,36)(H3,31,33,34,35);(H,6,7)/t23-;/m1./s1. The van der Waals surface area contributed by atoms with E-state index in [1.807, 2.05) is 6.92 Å². The van der Waals surface area contributed by atoms with Crippen molar-refractivity contribution in [3.05, 3.63) is 53.3 Å². The first-order chi connectivity index (χ1) is 21.8. The van der Waals surface area contributed by atoms with Crippen molar-refractivity contribution >= 4 is 23.7 Å². The number of nitrogens with one attached hydrogen (secondary N) is 2. The predicted octanol–water partition coefficient (Wildman–Crippen LogP) is 4.50. The summed E-state index contributed by atoms with van der Waals surface area (Å²) in [6.45, 7) is 2.51. The maximum atomic E-state index is 13.7. The third-order valence-corrected chi connectivity index (χ3v) is 6.96. The van der Waals surface area contributed by atoms with E-state index in [0.717, 1.165) is 31.2 Å². The number of aliphatic imine (C=N–C) groups is 1. The fourth-order valence-electron chi connectivity index (χ4n) is 4.75. The van der Waals surface area contributed by atoms with Gasteiger partial charge in [0.15, 0.2) is 29.0 Å². The van der Waals surface area contributed by atoms with Gasteiger partial charge in [0.25, 0.3) is 0 Å². The molecule has 0 saturated heterocycles. The first kappa shape index (κ1) is 37.6. The normalized spacial score (nSPS) is 14.3. The topological polar surface area (TPSA) is 162 Å². The SMILES string of the molecule is CCOc1cc(CC(=O)NC(N)=N[C@H](CC2CCCCC2)C(=O)NCc2ccc(F)c(OC)c2)ccc1OC.O=C(O)C(F)(F)F. The summed E-state index contributed by atoms with van der Waals surface area (Å²) < 4.78 is 61.4.